The summed E-state index contributed by atoms with van der Waals surface area (Å²) in [5, 5.41) is 0. The molecule has 7 nitrogen and oxygen atoms in total. The quantitative estimate of drug-likeness (QED) is 0.360. The van der Waals surface area contributed by atoms with Gasteiger partial charge in [-0.05, 0) is 5.56 Å². The average Bonchev–Trinajstić information content (AvgIpc) is 2.35. The van der Waals surface area contributed by atoms with Crippen molar-refractivity contribution in [2.75, 3.05) is 20.3 Å². The van der Waals surface area contributed by atoms with Gasteiger partial charge in [0.05, 0.1) is 0 Å². The van der Waals surface area contributed by atoms with Crippen LogP contribution in [-0.2, 0) is 20.7 Å². The molecule has 0 heterocycles. The molecule has 1 unspecified atom stereocenters. The van der Waals surface area contributed by atoms with Crippen molar-refractivity contribution in [3.05, 3.63) is 35.9 Å². The van der Waals surface area contributed by atoms with Crippen LogP contribution in [-0.4, -0.2) is 42.0 Å². The number of ether oxygens (including phenoxy) is 1. The number of guanidine groups is 1. The number of likely N-dealkylation sites (N-methyl/N-ethyl adjacent to an activating group) is 1. The van der Waals surface area contributed by atoms with E-state index in [0.717, 1.165) is 12.2 Å². The molecule has 8 heteroatoms. The highest BCUT2D eigenvalue weighted by Crippen LogP contribution is 2.36. The fraction of sp³-hybridized carbons (Fsp3) is 0.333. The van der Waals surface area contributed by atoms with Gasteiger partial charge in [-0.1, -0.05) is 30.3 Å². The second-order valence-electron chi connectivity index (χ2n) is 4.30. The summed E-state index contributed by atoms with van der Waals surface area (Å²) in [4.78, 5) is 21.9. The Bertz CT molecular complexity index is 527. The number of carbonyl (C=O) groups is 1. The Morgan fingerprint density at radius 3 is 2.60 bits per heavy atom. The van der Waals surface area contributed by atoms with Gasteiger partial charge in [0.25, 0.3) is 0 Å². The topological polar surface area (TPSA) is 105 Å². The van der Waals surface area contributed by atoms with Crippen LogP contribution in [0.25, 0.3) is 0 Å². The van der Waals surface area contributed by atoms with Gasteiger partial charge in [0.2, 0.25) is 0 Å². The lowest BCUT2D eigenvalue weighted by Gasteiger charge is -2.17. The molecule has 0 aromatic heterocycles. The number of esters is 1. The van der Waals surface area contributed by atoms with E-state index < -0.39 is 13.5 Å². The van der Waals surface area contributed by atoms with Crippen molar-refractivity contribution in [3.8, 4) is 0 Å². The van der Waals surface area contributed by atoms with Crippen LogP contribution in [0.15, 0.2) is 35.1 Å². The maximum atomic E-state index is 11.6. The van der Waals surface area contributed by atoms with Gasteiger partial charge >= 0.3 is 13.5 Å². The molecule has 20 heavy (non-hydrogen) atoms. The molecule has 1 atom stereocenters. The van der Waals surface area contributed by atoms with Gasteiger partial charge in [-0.25, -0.2) is 0 Å². The zero-order valence-corrected chi connectivity index (χ0v) is 12.3. The Morgan fingerprint density at radius 2 is 2.05 bits per heavy atom. The van der Waals surface area contributed by atoms with Gasteiger partial charge in [-0.15, -0.1) is 0 Å². The maximum Gasteiger partial charge on any atom is 0.325 e. The van der Waals surface area contributed by atoms with Crippen LogP contribution in [0.3, 0.4) is 0 Å². The van der Waals surface area contributed by atoms with Crippen LogP contribution in [0.5, 0.6) is 0 Å². The highest BCUT2D eigenvalue weighted by molar-refractivity contribution is 7.55. The molecule has 0 bridgehead atoms. The van der Waals surface area contributed by atoms with E-state index >= 15 is 0 Å². The number of benzene rings is 1. The van der Waals surface area contributed by atoms with E-state index in [1.54, 1.807) is 0 Å². The summed E-state index contributed by atoms with van der Waals surface area (Å²) in [7, 11) is -2.13. The van der Waals surface area contributed by atoms with Crippen LogP contribution in [0.4, 0.5) is 0 Å². The summed E-state index contributed by atoms with van der Waals surface area (Å²) >= 11 is 0. The molecule has 0 saturated carbocycles. The third kappa shape index (κ3) is 6.36. The number of nitrogens with two attached hydrogens (primary N) is 1. The van der Waals surface area contributed by atoms with Gasteiger partial charge in [0.1, 0.15) is 13.2 Å². The lowest BCUT2D eigenvalue weighted by atomic mass is 10.2. The van der Waals surface area contributed by atoms with Crippen LogP contribution < -0.4 is 5.73 Å². The second-order valence-corrected chi connectivity index (χ2v) is 6.17. The SMILES string of the molecule is CN(CC(=O)OCc1ccccc1)/C(N)=N/P(C)(=O)O. The molecular formula is C12H18N3O4P. The van der Waals surface area contributed by atoms with E-state index in [0.29, 0.717) is 0 Å². The van der Waals surface area contributed by atoms with E-state index in [1.807, 2.05) is 30.3 Å². The van der Waals surface area contributed by atoms with E-state index in [2.05, 4.69) is 4.76 Å². The third-order valence-corrected chi connectivity index (χ3v) is 2.86. The Kier molecular flexibility index (Phi) is 5.73. The highest BCUT2D eigenvalue weighted by atomic mass is 31.2. The Hall–Kier alpha value is -1.85. The van der Waals surface area contributed by atoms with Gasteiger partial charge in [0.15, 0.2) is 5.96 Å². The van der Waals surface area contributed by atoms with Crippen molar-refractivity contribution in [1.29, 1.82) is 0 Å². The first-order chi connectivity index (χ1) is 9.28. The molecule has 0 aliphatic rings. The predicted octanol–water partition coefficient (Wildman–Crippen LogP) is 0.792. The van der Waals surface area contributed by atoms with Gasteiger partial charge in [-0.2, -0.15) is 4.76 Å². The number of carbonyl (C=O) groups excluding carboxylic acids is 1. The molecule has 0 spiro atoms. The molecule has 0 aliphatic heterocycles. The van der Waals surface area contributed by atoms with E-state index in [4.69, 9.17) is 15.4 Å². The van der Waals surface area contributed by atoms with E-state index in [1.165, 1.54) is 11.9 Å². The molecule has 0 aliphatic carbocycles. The standard InChI is InChI=1S/C12H18N3O4P/c1-15(12(13)14-20(2,17)18)8-11(16)19-9-10-6-4-3-5-7-10/h3-7H,8-9H2,1-2H3,(H3,13,14,17,18). The first-order valence-corrected chi connectivity index (χ1v) is 7.90. The molecule has 1 aromatic carbocycles. The summed E-state index contributed by atoms with van der Waals surface area (Å²) in [6, 6.07) is 9.24. The van der Waals surface area contributed by atoms with Gasteiger partial charge in [-0.3, -0.25) is 9.36 Å². The van der Waals surface area contributed by atoms with Crippen LogP contribution in [0, 0.1) is 0 Å². The number of hydrogen-bond donors (Lipinski definition) is 2. The monoisotopic (exact) mass is 299 g/mol. The Balaban J connectivity index is 2.46. The van der Waals surface area contributed by atoms with Crippen LogP contribution in [0.2, 0.25) is 0 Å². The fourth-order valence-corrected chi connectivity index (χ4v) is 1.86. The van der Waals surface area contributed by atoms with E-state index in [9.17, 15) is 9.36 Å². The lowest BCUT2D eigenvalue weighted by Crippen LogP contribution is -2.38. The first kappa shape index (κ1) is 16.2. The van der Waals surface area contributed by atoms with Crippen molar-refractivity contribution in [1.82, 2.24) is 4.90 Å². The lowest BCUT2D eigenvalue weighted by molar-refractivity contribution is -0.145. The molecule has 0 fully saturated rings. The zero-order valence-electron chi connectivity index (χ0n) is 11.4. The Morgan fingerprint density at radius 1 is 1.45 bits per heavy atom. The predicted molar refractivity (Wildman–Crippen MR) is 76.2 cm³/mol. The molecule has 0 saturated heterocycles. The minimum absolute atomic E-state index is 0.151. The van der Waals surface area contributed by atoms with Crippen molar-refractivity contribution in [2.24, 2.45) is 10.5 Å². The average molecular weight is 299 g/mol. The smallest absolute Gasteiger partial charge is 0.325 e. The highest BCUT2D eigenvalue weighted by Gasteiger charge is 2.14. The number of hydrogen-bond acceptors (Lipinski definition) is 3. The summed E-state index contributed by atoms with van der Waals surface area (Å²) in [5.41, 5.74) is 6.37. The van der Waals surface area contributed by atoms with E-state index in [-0.39, 0.29) is 19.1 Å². The minimum atomic E-state index is -3.61. The van der Waals surface area contributed by atoms with Crippen LogP contribution >= 0.6 is 7.52 Å². The molecule has 1 rings (SSSR count). The molecule has 3 N–H and O–H groups in total. The Labute approximate surface area is 117 Å². The largest absolute Gasteiger partial charge is 0.459 e. The fourth-order valence-electron chi connectivity index (χ4n) is 1.32. The number of nitrogens with zero attached hydrogens (tertiary/aromatic N) is 2. The van der Waals surface area contributed by atoms with Crippen LogP contribution in [0.1, 0.15) is 5.56 Å². The summed E-state index contributed by atoms with van der Waals surface area (Å²) in [6.07, 6.45) is 0. The zero-order chi connectivity index (χ0) is 15.2. The summed E-state index contributed by atoms with van der Waals surface area (Å²) < 4.78 is 19.5. The normalized spacial score (nSPS) is 14.4. The summed E-state index contributed by atoms with van der Waals surface area (Å²) in [5.74, 6) is -0.687. The van der Waals surface area contributed by atoms with Crippen molar-refractivity contribution >= 4 is 19.4 Å². The maximum absolute atomic E-state index is 11.6. The molecule has 110 valence electrons. The second kappa shape index (κ2) is 7.07. The van der Waals surface area contributed by atoms with Crippen molar-refractivity contribution in [3.63, 3.8) is 0 Å². The minimum Gasteiger partial charge on any atom is -0.459 e. The first-order valence-electron chi connectivity index (χ1n) is 5.84. The molecule has 0 amide bonds. The molecule has 0 radical (unpaired) electrons. The van der Waals surface area contributed by atoms with Gasteiger partial charge < -0.3 is 20.3 Å². The van der Waals surface area contributed by atoms with Crippen molar-refractivity contribution < 1.29 is 19.0 Å². The molecular weight excluding hydrogens is 281 g/mol. The third-order valence-electron chi connectivity index (χ3n) is 2.29. The number of rotatable bonds is 5. The summed E-state index contributed by atoms with van der Waals surface area (Å²) in [6.45, 7) is 1.07. The van der Waals surface area contributed by atoms with Crippen molar-refractivity contribution in [2.45, 2.75) is 6.61 Å². The molecule has 1 aromatic rings. The van der Waals surface area contributed by atoms with Gasteiger partial charge in [0, 0.05) is 13.7 Å².